The first kappa shape index (κ1) is 11.1. The Labute approximate surface area is 95.1 Å². The maximum absolute atomic E-state index is 11.9. The van der Waals surface area contributed by atoms with Crippen molar-refractivity contribution in [2.75, 3.05) is 14.1 Å². The number of aromatic amines is 1. The van der Waals surface area contributed by atoms with Gasteiger partial charge in [-0.1, -0.05) is 0 Å². The number of imidazole rings is 1. The molecule has 0 unspecified atom stereocenters. The smallest absolute Gasteiger partial charge is 0.330 e. The van der Waals surface area contributed by atoms with Gasteiger partial charge in [0, 0.05) is 21.1 Å². The maximum Gasteiger partial charge on any atom is 0.346 e. The molecule has 17 heavy (non-hydrogen) atoms. The van der Waals surface area contributed by atoms with E-state index in [1.165, 1.54) is 36.8 Å². The van der Waals surface area contributed by atoms with Gasteiger partial charge in [-0.05, 0) is 0 Å². The molecule has 2 rings (SSSR count). The van der Waals surface area contributed by atoms with E-state index in [2.05, 4.69) is 9.97 Å². The van der Waals surface area contributed by atoms with Gasteiger partial charge in [-0.25, -0.2) is 14.4 Å². The van der Waals surface area contributed by atoms with Gasteiger partial charge in [-0.3, -0.25) is 9.55 Å². The first-order chi connectivity index (χ1) is 7.93. The summed E-state index contributed by atoms with van der Waals surface area (Å²) in [4.78, 5) is 42.0. The van der Waals surface area contributed by atoms with Gasteiger partial charge in [0.05, 0.1) is 6.20 Å². The van der Waals surface area contributed by atoms with E-state index in [1.807, 2.05) is 0 Å². The number of rotatable bonds is 0. The predicted molar refractivity (Wildman–Crippen MR) is 60.1 cm³/mol. The zero-order valence-electron chi connectivity index (χ0n) is 9.59. The van der Waals surface area contributed by atoms with E-state index < -0.39 is 17.4 Å². The molecule has 0 saturated heterocycles. The van der Waals surface area contributed by atoms with Crippen molar-refractivity contribution in [3.63, 3.8) is 0 Å². The van der Waals surface area contributed by atoms with Gasteiger partial charge < -0.3 is 4.90 Å². The number of aromatic nitrogens is 4. The minimum absolute atomic E-state index is 0.149. The molecule has 0 atom stereocenters. The van der Waals surface area contributed by atoms with E-state index in [4.69, 9.17) is 0 Å². The second-order valence-electron chi connectivity index (χ2n) is 3.78. The van der Waals surface area contributed by atoms with Crippen molar-refractivity contribution in [2.45, 2.75) is 0 Å². The molecule has 0 spiro atoms. The van der Waals surface area contributed by atoms with Crippen molar-refractivity contribution < 1.29 is 4.79 Å². The van der Waals surface area contributed by atoms with E-state index in [-0.39, 0.29) is 5.65 Å². The molecule has 0 aliphatic heterocycles. The van der Waals surface area contributed by atoms with Crippen molar-refractivity contribution in [2.24, 2.45) is 7.05 Å². The van der Waals surface area contributed by atoms with E-state index >= 15 is 0 Å². The van der Waals surface area contributed by atoms with E-state index in [0.29, 0.717) is 5.52 Å². The molecule has 0 bridgehead atoms. The lowest BCUT2D eigenvalue weighted by atomic mass is 10.5. The number of carbonyl (C=O) groups excluding carboxylic acids is 1. The van der Waals surface area contributed by atoms with Gasteiger partial charge in [0.15, 0.2) is 5.65 Å². The Balaban J connectivity index is 2.92. The first-order valence-electron chi connectivity index (χ1n) is 4.82. The van der Waals surface area contributed by atoms with Crippen molar-refractivity contribution in [3.8, 4) is 0 Å². The summed E-state index contributed by atoms with van der Waals surface area (Å²) in [6.07, 6.45) is 1.26. The Morgan fingerprint density at radius 2 is 2.06 bits per heavy atom. The van der Waals surface area contributed by atoms with E-state index in [9.17, 15) is 14.4 Å². The van der Waals surface area contributed by atoms with Crippen molar-refractivity contribution >= 4 is 17.2 Å². The molecule has 8 heteroatoms. The molecule has 0 fully saturated rings. The van der Waals surface area contributed by atoms with Crippen LogP contribution in [0.2, 0.25) is 0 Å². The molecule has 2 aromatic rings. The minimum atomic E-state index is -0.608. The average Bonchev–Trinajstić information content (AvgIpc) is 2.50. The lowest BCUT2D eigenvalue weighted by molar-refractivity contribution is 0.219. The van der Waals surface area contributed by atoms with Crippen LogP contribution in [0, 0.1) is 0 Å². The fraction of sp³-hybridized carbons (Fsp3) is 0.333. The van der Waals surface area contributed by atoms with Crippen LogP contribution in [-0.4, -0.2) is 44.1 Å². The molecule has 90 valence electrons. The van der Waals surface area contributed by atoms with Crippen molar-refractivity contribution in [1.82, 2.24) is 24.0 Å². The molecule has 0 saturated carbocycles. The zero-order chi connectivity index (χ0) is 12.7. The van der Waals surface area contributed by atoms with Crippen molar-refractivity contribution in [3.05, 3.63) is 27.2 Å². The standard InChI is InChI=1S/C9H11N5O3/c1-12(2)8(16)14-6-5(13(3)9(14)17)4-10-7(15)11-6/h4H,1-3H3,(H,10,11,15). The number of nitrogens with one attached hydrogen (secondary N) is 1. The Morgan fingerprint density at radius 1 is 1.41 bits per heavy atom. The van der Waals surface area contributed by atoms with Crippen LogP contribution in [-0.2, 0) is 7.05 Å². The highest BCUT2D eigenvalue weighted by Crippen LogP contribution is 2.05. The van der Waals surface area contributed by atoms with Crippen molar-refractivity contribution in [1.29, 1.82) is 0 Å². The lowest BCUT2D eigenvalue weighted by Crippen LogP contribution is -2.36. The molecule has 1 N–H and O–H groups in total. The van der Waals surface area contributed by atoms with Crippen LogP contribution in [0.3, 0.4) is 0 Å². The number of hydrogen-bond donors (Lipinski definition) is 1. The Bertz CT molecular complexity index is 705. The summed E-state index contributed by atoms with van der Waals surface area (Å²) in [5, 5.41) is 0. The zero-order valence-corrected chi connectivity index (χ0v) is 9.59. The van der Waals surface area contributed by atoms with Gasteiger partial charge in [-0.2, -0.15) is 9.55 Å². The van der Waals surface area contributed by atoms with Crippen LogP contribution in [0.5, 0.6) is 0 Å². The monoisotopic (exact) mass is 237 g/mol. The molecule has 1 amide bonds. The molecule has 0 aromatic carbocycles. The summed E-state index contributed by atoms with van der Waals surface area (Å²) in [6, 6.07) is -0.526. The van der Waals surface area contributed by atoms with Crippen LogP contribution in [0.15, 0.2) is 15.8 Å². The molecule has 0 radical (unpaired) electrons. The first-order valence-corrected chi connectivity index (χ1v) is 4.82. The van der Waals surface area contributed by atoms with Crippen LogP contribution < -0.4 is 11.4 Å². The van der Waals surface area contributed by atoms with Crippen LogP contribution in [0.1, 0.15) is 0 Å². The maximum atomic E-state index is 11.9. The number of amides is 1. The molecule has 0 aliphatic rings. The molecule has 8 nitrogen and oxygen atoms in total. The third kappa shape index (κ3) is 1.53. The van der Waals surface area contributed by atoms with Gasteiger partial charge in [0.1, 0.15) is 5.52 Å². The summed E-state index contributed by atoms with van der Waals surface area (Å²) in [5.74, 6) is 0. The van der Waals surface area contributed by atoms with Gasteiger partial charge in [-0.15, -0.1) is 0 Å². The number of aryl methyl sites for hydroxylation is 1. The summed E-state index contributed by atoms with van der Waals surface area (Å²) in [5.41, 5.74) is -0.591. The number of nitrogens with zero attached hydrogens (tertiary/aromatic N) is 4. The molecule has 0 aliphatic carbocycles. The van der Waals surface area contributed by atoms with Gasteiger partial charge in [0.25, 0.3) is 0 Å². The molecule has 2 heterocycles. The van der Waals surface area contributed by atoms with Crippen LogP contribution in [0.25, 0.3) is 11.2 Å². The fourth-order valence-electron chi connectivity index (χ4n) is 1.52. The SMILES string of the molecule is CN(C)C(=O)n1c(=O)n(C)c2cnc(=O)[nH]c21. The summed E-state index contributed by atoms with van der Waals surface area (Å²) >= 11 is 0. The van der Waals surface area contributed by atoms with Crippen LogP contribution >= 0.6 is 0 Å². The third-order valence-electron chi connectivity index (χ3n) is 2.41. The van der Waals surface area contributed by atoms with Gasteiger partial charge in [0.2, 0.25) is 0 Å². The highest BCUT2D eigenvalue weighted by molar-refractivity contribution is 5.86. The highest BCUT2D eigenvalue weighted by Gasteiger charge is 2.18. The third-order valence-corrected chi connectivity index (χ3v) is 2.41. The topological polar surface area (TPSA) is 93.0 Å². The highest BCUT2D eigenvalue weighted by atomic mass is 16.2. The average molecular weight is 237 g/mol. The largest absolute Gasteiger partial charge is 0.346 e. The Morgan fingerprint density at radius 3 is 2.65 bits per heavy atom. The summed E-state index contributed by atoms with van der Waals surface area (Å²) in [6.45, 7) is 0. The van der Waals surface area contributed by atoms with E-state index in [0.717, 1.165) is 4.57 Å². The second-order valence-corrected chi connectivity index (χ2v) is 3.78. The number of fused-ring (bicyclic) bond motifs is 1. The molecule has 2 aromatic heterocycles. The number of H-pyrrole nitrogens is 1. The number of carbonyl (C=O) groups is 1. The van der Waals surface area contributed by atoms with Crippen LogP contribution in [0.4, 0.5) is 4.79 Å². The summed E-state index contributed by atoms with van der Waals surface area (Å²) < 4.78 is 2.15. The fourth-order valence-corrected chi connectivity index (χ4v) is 1.52. The summed E-state index contributed by atoms with van der Waals surface area (Å²) in [7, 11) is 4.55. The minimum Gasteiger partial charge on any atom is -0.330 e. The normalized spacial score (nSPS) is 10.8. The molecular weight excluding hydrogens is 226 g/mol. The molecular formula is C9H11N5O3. The quantitative estimate of drug-likeness (QED) is 0.633. The van der Waals surface area contributed by atoms with E-state index in [1.54, 1.807) is 0 Å². The predicted octanol–water partition coefficient (Wildman–Crippen LogP) is -1.05. The van der Waals surface area contributed by atoms with Gasteiger partial charge >= 0.3 is 17.4 Å². The Kier molecular flexibility index (Phi) is 2.34. The lowest BCUT2D eigenvalue weighted by Gasteiger charge is -2.09. The number of hydrogen-bond acceptors (Lipinski definition) is 4. The second kappa shape index (κ2) is 3.58. The Hall–Kier alpha value is -2.38.